The van der Waals surface area contributed by atoms with Crippen LogP contribution in [0.1, 0.15) is 23.3 Å². The van der Waals surface area contributed by atoms with Crippen LogP contribution in [0.5, 0.6) is 0 Å². The Labute approximate surface area is 125 Å². The number of nitriles is 1. The number of halogens is 1. The highest BCUT2D eigenvalue weighted by molar-refractivity contribution is 7.13. The number of hydrogen-bond acceptors (Lipinski definition) is 5. The fourth-order valence-electron chi connectivity index (χ4n) is 1.51. The highest BCUT2D eigenvalue weighted by atomic mass is 35.5. The molecule has 0 N–H and O–H groups in total. The molecule has 0 aliphatic rings. The Morgan fingerprint density at radius 2 is 2.35 bits per heavy atom. The molecule has 0 saturated heterocycles. The Morgan fingerprint density at radius 1 is 1.50 bits per heavy atom. The average molecular weight is 307 g/mol. The van der Waals surface area contributed by atoms with E-state index in [0.717, 1.165) is 10.6 Å². The first kappa shape index (κ1) is 14.5. The molecule has 0 bridgehead atoms. The molecule has 6 heteroatoms. The zero-order valence-electron chi connectivity index (χ0n) is 10.5. The topological polar surface area (TPSA) is 63.0 Å². The van der Waals surface area contributed by atoms with E-state index in [9.17, 15) is 4.79 Å². The largest absolute Gasteiger partial charge is 0.461 e. The highest BCUT2D eigenvalue weighted by Crippen LogP contribution is 2.26. The molecule has 1 aromatic carbocycles. The van der Waals surface area contributed by atoms with E-state index in [4.69, 9.17) is 21.6 Å². The molecule has 4 nitrogen and oxygen atoms in total. The lowest BCUT2D eigenvalue weighted by molar-refractivity contribution is 0.0496. The van der Waals surface area contributed by atoms with E-state index < -0.39 is 5.97 Å². The van der Waals surface area contributed by atoms with Crippen LogP contribution in [0.4, 0.5) is 0 Å². The van der Waals surface area contributed by atoms with E-state index in [1.807, 2.05) is 18.2 Å². The standard InChI is InChI=1S/C14H11ClN2O2S/c15-11-5-3-4-10(8-11)13-17-12(9-20-13)14(18)19-7-2-1-6-16/h3-5,8-9H,1-2,7H2. The lowest BCUT2D eigenvalue weighted by Crippen LogP contribution is -2.06. The van der Waals surface area contributed by atoms with Crippen LogP contribution in [-0.4, -0.2) is 17.6 Å². The second kappa shape index (κ2) is 7.04. The number of hydrogen-bond donors (Lipinski definition) is 0. The normalized spacial score (nSPS) is 10.0. The van der Waals surface area contributed by atoms with Crippen LogP contribution in [-0.2, 0) is 4.74 Å². The van der Waals surface area contributed by atoms with Gasteiger partial charge in [0.1, 0.15) is 5.01 Å². The van der Waals surface area contributed by atoms with Gasteiger partial charge in [0.25, 0.3) is 0 Å². The minimum Gasteiger partial charge on any atom is -0.461 e. The van der Waals surface area contributed by atoms with Crippen LogP contribution in [0.3, 0.4) is 0 Å². The number of rotatable bonds is 5. The van der Waals surface area contributed by atoms with Crippen LogP contribution in [0.2, 0.25) is 5.02 Å². The number of ether oxygens (including phenoxy) is 1. The molecule has 2 aromatic rings. The second-order valence-electron chi connectivity index (χ2n) is 3.95. The molecule has 20 heavy (non-hydrogen) atoms. The smallest absolute Gasteiger partial charge is 0.357 e. The van der Waals surface area contributed by atoms with Gasteiger partial charge in [-0.2, -0.15) is 5.26 Å². The minimum atomic E-state index is -0.465. The molecule has 0 atom stereocenters. The summed E-state index contributed by atoms with van der Waals surface area (Å²) >= 11 is 7.28. The number of nitrogens with zero attached hydrogens (tertiary/aromatic N) is 2. The van der Waals surface area contributed by atoms with Crippen molar-refractivity contribution in [2.24, 2.45) is 0 Å². The summed E-state index contributed by atoms with van der Waals surface area (Å²) in [7, 11) is 0. The van der Waals surface area contributed by atoms with Crippen LogP contribution < -0.4 is 0 Å². The van der Waals surface area contributed by atoms with Gasteiger partial charge in [-0.3, -0.25) is 0 Å². The summed E-state index contributed by atoms with van der Waals surface area (Å²) < 4.78 is 5.03. The summed E-state index contributed by atoms with van der Waals surface area (Å²) in [6.07, 6.45) is 0.908. The third-order valence-corrected chi connectivity index (χ3v) is 3.58. The first-order chi connectivity index (χ1) is 9.70. The van der Waals surface area contributed by atoms with Crippen molar-refractivity contribution in [3.05, 3.63) is 40.4 Å². The quantitative estimate of drug-likeness (QED) is 0.620. The van der Waals surface area contributed by atoms with Crippen LogP contribution in [0.15, 0.2) is 29.6 Å². The van der Waals surface area contributed by atoms with E-state index in [0.29, 0.717) is 17.9 Å². The number of carbonyl (C=O) groups excluding carboxylic acids is 1. The molecule has 0 aliphatic carbocycles. The molecule has 102 valence electrons. The monoisotopic (exact) mass is 306 g/mol. The second-order valence-corrected chi connectivity index (χ2v) is 5.24. The Kier molecular flexibility index (Phi) is 5.10. The summed E-state index contributed by atoms with van der Waals surface area (Å²) in [4.78, 5) is 16.0. The Balaban J connectivity index is 2.02. The number of unbranched alkanes of at least 4 members (excludes halogenated alkanes) is 1. The number of aromatic nitrogens is 1. The molecular weight excluding hydrogens is 296 g/mol. The van der Waals surface area contributed by atoms with Gasteiger partial charge < -0.3 is 4.74 Å². The van der Waals surface area contributed by atoms with Gasteiger partial charge in [-0.25, -0.2) is 9.78 Å². The lowest BCUT2D eigenvalue weighted by Gasteiger charge is -2.00. The Morgan fingerprint density at radius 3 is 3.10 bits per heavy atom. The fraction of sp³-hybridized carbons (Fsp3) is 0.214. The van der Waals surface area contributed by atoms with E-state index in [-0.39, 0.29) is 12.3 Å². The van der Waals surface area contributed by atoms with E-state index in [2.05, 4.69) is 4.98 Å². The molecule has 2 rings (SSSR count). The minimum absolute atomic E-state index is 0.233. The van der Waals surface area contributed by atoms with Crippen molar-refractivity contribution in [3.8, 4) is 16.6 Å². The summed E-state index contributed by atoms with van der Waals surface area (Å²) in [5.74, 6) is -0.465. The molecule has 0 fully saturated rings. The first-order valence-electron chi connectivity index (χ1n) is 5.96. The van der Waals surface area contributed by atoms with Gasteiger partial charge in [0.05, 0.1) is 12.7 Å². The van der Waals surface area contributed by atoms with Crippen LogP contribution in [0, 0.1) is 11.3 Å². The molecule has 0 amide bonds. The van der Waals surface area contributed by atoms with Crippen molar-refractivity contribution in [1.29, 1.82) is 5.26 Å². The highest BCUT2D eigenvalue weighted by Gasteiger charge is 2.13. The summed E-state index contributed by atoms with van der Waals surface area (Å²) in [5, 5.41) is 11.4. The van der Waals surface area contributed by atoms with Gasteiger partial charge in [-0.05, 0) is 18.6 Å². The van der Waals surface area contributed by atoms with E-state index in [1.54, 1.807) is 17.5 Å². The van der Waals surface area contributed by atoms with Crippen molar-refractivity contribution in [2.45, 2.75) is 12.8 Å². The average Bonchev–Trinajstić information content (AvgIpc) is 2.93. The lowest BCUT2D eigenvalue weighted by atomic mass is 10.2. The molecule has 0 spiro atoms. The molecular formula is C14H11ClN2O2S. The zero-order valence-corrected chi connectivity index (χ0v) is 12.1. The number of carbonyl (C=O) groups is 1. The SMILES string of the molecule is N#CCCCOC(=O)c1csc(-c2cccc(Cl)c2)n1. The van der Waals surface area contributed by atoms with Crippen molar-refractivity contribution >= 4 is 28.9 Å². The number of benzene rings is 1. The Bertz CT molecular complexity index is 649. The van der Waals surface area contributed by atoms with Gasteiger partial charge in [0.15, 0.2) is 5.69 Å². The van der Waals surface area contributed by atoms with Crippen molar-refractivity contribution in [1.82, 2.24) is 4.98 Å². The first-order valence-corrected chi connectivity index (χ1v) is 7.22. The summed E-state index contributed by atoms with van der Waals surface area (Å²) in [6, 6.07) is 9.28. The third kappa shape index (κ3) is 3.80. The molecule has 1 heterocycles. The maximum Gasteiger partial charge on any atom is 0.357 e. The summed E-state index contributed by atoms with van der Waals surface area (Å²) in [5.41, 5.74) is 1.15. The maximum absolute atomic E-state index is 11.7. The molecule has 0 unspecified atom stereocenters. The number of esters is 1. The summed E-state index contributed by atoms with van der Waals surface area (Å²) in [6.45, 7) is 0.233. The van der Waals surface area contributed by atoms with Gasteiger partial charge in [-0.1, -0.05) is 23.7 Å². The zero-order chi connectivity index (χ0) is 14.4. The van der Waals surface area contributed by atoms with E-state index >= 15 is 0 Å². The molecule has 0 radical (unpaired) electrons. The van der Waals surface area contributed by atoms with Gasteiger partial charge >= 0.3 is 5.97 Å². The predicted octanol–water partition coefficient (Wildman–Crippen LogP) is 3.92. The van der Waals surface area contributed by atoms with Crippen LogP contribution >= 0.6 is 22.9 Å². The van der Waals surface area contributed by atoms with Crippen molar-refractivity contribution < 1.29 is 9.53 Å². The molecule has 1 aromatic heterocycles. The van der Waals surface area contributed by atoms with E-state index in [1.165, 1.54) is 11.3 Å². The van der Waals surface area contributed by atoms with Crippen molar-refractivity contribution in [2.75, 3.05) is 6.61 Å². The Hall–Kier alpha value is -1.90. The number of thiazole rings is 1. The van der Waals surface area contributed by atoms with Crippen LogP contribution in [0.25, 0.3) is 10.6 Å². The van der Waals surface area contributed by atoms with Gasteiger partial charge in [-0.15, -0.1) is 11.3 Å². The van der Waals surface area contributed by atoms with Gasteiger partial charge in [0.2, 0.25) is 0 Å². The maximum atomic E-state index is 11.7. The fourth-order valence-corrected chi connectivity index (χ4v) is 2.49. The van der Waals surface area contributed by atoms with Crippen molar-refractivity contribution in [3.63, 3.8) is 0 Å². The molecule has 0 aliphatic heterocycles. The molecule has 0 saturated carbocycles. The third-order valence-electron chi connectivity index (χ3n) is 2.45. The predicted molar refractivity (Wildman–Crippen MR) is 77.7 cm³/mol. The van der Waals surface area contributed by atoms with Gasteiger partial charge in [0, 0.05) is 22.4 Å².